The van der Waals surface area contributed by atoms with Crippen LogP contribution in [0, 0.1) is 20.8 Å². The van der Waals surface area contributed by atoms with E-state index in [4.69, 9.17) is 0 Å². The zero-order valence-corrected chi connectivity index (χ0v) is 15.7. The van der Waals surface area contributed by atoms with Gasteiger partial charge in [-0.25, -0.2) is 5.43 Å². The molecule has 0 saturated carbocycles. The van der Waals surface area contributed by atoms with Crippen molar-refractivity contribution >= 4 is 23.2 Å². The van der Waals surface area contributed by atoms with Crippen molar-refractivity contribution in [3.05, 3.63) is 64.7 Å². The summed E-state index contributed by atoms with van der Waals surface area (Å²) in [7, 11) is 0. The Morgan fingerprint density at radius 3 is 2.15 bits per heavy atom. The van der Waals surface area contributed by atoms with Crippen molar-refractivity contribution in [2.45, 2.75) is 40.5 Å². The van der Waals surface area contributed by atoms with E-state index in [1.807, 2.05) is 70.2 Å². The van der Waals surface area contributed by atoms with Gasteiger partial charge >= 0.3 is 0 Å². The van der Waals surface area contributed by atoms with Crippen molar-refractivity contribution < 1.29 is 9.59 Å². The molecule has 2 rings (SSSR count). The average molecular weight is 351 g/mol. The molecule has 5 heteroatoms. The fourth-order valence-corrected chi connectivity index (χ4v) is 2.46. The van der Waals surface area contributed by atoms with Crippen LogP contribution in [0.2, 0.25) is 0 Å². The molecule has 0 aromatic heterocycles. The van der Waals surface area contributed by atoms with Gasteiger partial charge in [0.15, 0.2) is 0 Å². The van der Waals surface area contributed by atoms with E-state index in [0.29, 0.717) is 0 Å². The largest absolute Gasteiger partial charge is 0.326 e. The highest BCUT2D eigenvalue weighted by molar-refractivity contribution is 5.99. The molecule has 2 aromatic rings. The predicted molar refractivity (Wildman–Crippen MR) is 105 cm³/mol. The minimum absolute atomic E-state index is 0.0847. The SMILES string of the molecule is C/C(=N\NC(=O)CCC(=O)Nc1ccc(C)cc1C)c1ccc(C)cc1. The van der Waals surface area contributed by atoms with E-state index >= 15 is 0 Å². The van der Waals surface area contributed by atoms with Crippen LogP contribution in [0.15, 0.2) is 47.6 Å². The van der Waals surface area contributed by atoms with Gasteiger partial charge in [-0.2, -0.15) is 5.10 Å². The highest BCUT2D eigenvalue weighted by Crippen LogP contribution is 2.16. The third-order valence-corrected chi connectivity index (χ3v) is 4.05. The summed E-state index contributed by atoms with van der Waals surface area (Å²) in [5, 5.41) is 6.93. The van der Waals surface area contributed by atoms with Gasteiger partial charge in [0, 0.05) is 18.5 Å². The summed E-state index contributed by atoms with van der Waals surface area (Å²) >= 11 is 0. The van der Waals surface area contributed by atoms with Gasteiger partial charge in [-0.15, -0.1) is 0 Å². The Morgan fingerprint density at radius 1 is 0.885 bits per heavy atom. The fraction of sp³-hybridized carbons (Fsp3) is 0.286. The number of hydrogen-bond donors (Lipinski definition) is 2. The minimum atomic E-state index is -0.285. The number of carbonyl (C=O) groups is 2. The first kappa shape index (κ1) is 19.4. The van der Waals surface area contributed by atoms with E-state index in [2.05, 4.69) is 15.8 Å². The summed E-state index contributed by atoms with van der Waals surface area (Å²) in [6.45, 7) is 7.79. The maximum atomic E-state index is 12.0. The molecule has 0 atom stereocenters. The molecule has 0 saturated heterocycles. The van der Waals surface area contributed by atoms with Gasteiger partial charge in [0.2, 0.25) is 11.8 Å². The molecule has 5 nitrogen and oxygen atoms in total. The molecule has 0 radical (unpaired) electrons. The predicted octanol–water partition coefficient (Wildman–Crippen LogP) is 3.87. The lowest BCUT2D eigenvalue weighted by Crippen LogP contribution is -2.22. The Labute approximate surface area is 154 Å². The van der Waals surface area contributed by atoms with Crippen LogP contribution in [0.1, 0.15) is 42.0 Å². The molecular weight excluding hydrogens is 326 g/mol. The van der Waals surface area contributed by atoms with Crippen molar-refractivity contribution in [3.63, 3.8) is 0 Å². The lowest BCUT2D eigenvalue weighted by atomic mass is 10.1. The number of benzene rings is 2. The van der Waals surface area contributed by atoms with Crippen molar-refractivity contribution in [1.82, 2.24) is 5.43 Å². The van der Waals surface area contributed by atoms with Gasteiger partial charge in [-0.05, 0) is 44.9 Å². The maximum Gasteiger partial charge on any atom is 0.240 e. The molecule has 136 valence electrons. The monoisotopic (exact) mass is 351 g/mol. The summed E-state index contributed by atoms with van der Waals surface area (Å²) in [6.07, 6.45) is 0.194. The molecule has 0 aliphatic rings. The van der Waals surface area contributed by atoms with Crippen LogP contribution in [0.3, 0.4) is 0 Å². The molecule has 2 amide bonds. The van der Waals surface area contributed by atoms with Crippen molar-refractivity contribution in [3.8, 4) is 0 Å². The van der Waals surface area contributed by atoms with Crippen LogP contribution in [-0.2, 0) is 9.59 Å². The maximum absolute atomic E-state index is 12.0. The number of anilines is 1. The molecule has 2 N–H and O–H groups in total. The molecule has 0 heterocycles. The van der Waals surface area contributed by atoms with E-state index in [9.17, 15) is 9.59 Å². The summed E-state index contributed by atoms with van der Waals surface area (Å²) < 4.78 is 0. The van der Waals surface area contributed by atoms with Crippen LogP contribution in [-0.4, -0.2) is 17.5 Å². The standard InChI is InChI=1S/C21H25N3O2/c1-14-5-8-18(9-6-14)17(4)23-24-21(26)12-11-20(25)22-19-10-7-15(2)13-16(19)3/h5-10,13H,11-12H2,1-4H3,(H,22,25)(H,24,26)/b23-17+. The molecule has 0 fully saturated rings. The zero-order chi connectivity index (χ0) is 19.1. The Morgan fingerprint density at radius 2 is 1.50 bits per heavy atom. The molecule has 0 bridgehead atoms. The molecule has 0 unspecified atom stereocenters. The second kappa shape index (κ2) is 8.94. The molecule has 0 spiro atoms. The molecule has 2 aromatic carbocycles. The molecular formula is C21H25N3O2. The minimum Gasteiger partial charge on any atom is -0.326 e. The molecule has 26 heavy (non-hydrogen) atoms. The van der Waals surface area contributed by atoms with E-state index in [-0.39, 0.29) is 24.7 Å². The lowest BCUT2D eigenvalue weighted by molar-refractivity contribution is -0.124. The van der Waals surface area contributed by atoms with Gasteiger partial charge < -0.3 is 5.32 Å². The number of hydrogen-bond acceptors (Lipinski definition) is 3. The zero-order valence-electron chi connectivity index (χ0n) is 15.7. The van der Waals surface area contributed by atoms with Crippen LogP contribution >= 0.6 is 0 Å². The highest BCUT2D eigenvalue weighted by atomic mass is 16.2. The second-order valence-corrected chi connectivity index (χ2v) is 6.46. The number of nitrogens with zero attached hydrogens (tertiary/aromatic N) is 1. The van der Waals surface area contributed by atoms with Crippen LogP contribution < -0.4 is 10.7 Å². The topological polar surface area (TPSA) is 70.6 Å². The number of aryl methyl sites for hydroxylation is 3. The average Bonchev–Trinajstić information content (AvgIpc) is 2.61. The van der Waals surface area contributed by atoms with Crippen LogP contribution in [0.25, 0.3) is 0 Å². The first-order valence-corrected chi connectivity index (χ1v) is 8.62. The summed E-state index contributed by atoms with van der Waals surface area (Å²) in [6, 6.07) is 13.7. The smallest absolute Gasteiger partial charge is 0.240 e. The number of amides is 2. The van der Waals surface area contributed by atoms with Crippen LogP contribution in [0.4, 0.5) is 5.69 Å². The second-order valence-electron chi connectivity index (χ2n) is 6.46. The van der Waals surface area contributed by atoms with Gasteiger partial charge in [-0.1, -0.05) is 47.5 Å². The van der Waals surface area contributed by atoms with Gasteiger partial charge in [0.25, 0.3) is 0 Å². The van der Waals surface area contributed by atoms with E-state index in [0.717, 1.165) is 28.1 Å². The summed E-state index contributed by atoms with van der Waals surface area (Å²) in [5.41, 5.74) is 8.25. The van der Waals surface area contributed by atoms with Gasteiger partial charge in [0.05, 0.1) is 5.71 Å². The Bertz CT molecular complexity index is 824. The number of rotatable bonds is 6. The van der Waals surface area contributed by atoms with Crippen molar-refractivity contribution in [2.75, 3.05) is 5.32 Å². The van der Waals surface area contributed by atoms with E-state index in [1.165, 1.54) is 5.56 Å². The third-order valence-electron chi connectivity index (χ3n) is 4.05. The molecule has 0 aliphatic carbocycles. The van der Waals surface area contributed by atoms with Gasteiger partial charge in [-0.3, -0.25) is 9.59 Å². The normalized spacial score (nSPS) is 11.2. The summed E-state index contributed by atoms with van der Waals surface area (Å²) in [4.78, 5) is 23.9. The Kier molecular flexibility index (Phi) is 6.67. The number of nitrogens with one attached hydrogen (secondary N) is 2. The first-order chi connectivity index (χ1) is 12.3. The third kappa shape index (κ3) is 5.84. The van der Waals surface area contributed by atoms with Gasteiger partial charge in [0.1, 0.15) is 0 Å². The fourth-order valence-electron chi connectivity index (χ4n) is 2.46. The quantitative estimate of drug-likeness (QED) is 0.612. The lowest BCUT2D eigenvalue weighted by Gasteiger charge is -2.09. The van der Waals surface area contributed by atoms with Crippen LogP contribution in [0.5, 0.6) is 0 Å². The van der Waals surface area contributed by atoms with E-state index < -0.39 is 0 Å². The van der Waals surface area contributed by atoms with E-state index in [1.54, 1.807) is 0 Å². The Balaban J connectivity index is 1.81. The first-order valence-electron chi connectivity index (χ1n) is 8.62. The Hall–Kier alpha value is -2.95. The van der Waals surface area contributed by atoms with Crippen molar-refractivity contribution in [2.24, 2.45) is 5.10 Å². The molecule has 0 aliphatic heterocycles. The van der Waals surface area contributed by atoms with Crippen molar-refractivity contribution in [1.29, 1.82) is 0 Å². The highest BCUT2D eigenvalue weighted by Gasteiger charge is 2.08. The summed E-state index contributed by atoms with van der Waals surface area (Å²) in [5.74, 6) is -0.474. The number of carbonyl (C=O) groups excluding carboxylic acids is 2. The number of hydrazone groups is 1.